The van der Waals surface area contributed by atoms with Crippen molar-refractivity contribution in [1.82, 2.24) is 5.32 Å². The van der Waals surface area contributed by atoms with Gasteiger partial charge in [0.25, 0.3) is 5.91 Å². The molecule has 1 aliphatic heterocycles. The smallest absolute Gasteiger partial charge is 0.328 e. The van der Waals surface area contributed by atoms with E-state index in [1.54, 1.807) is 12.1 Å². The van der Waals surface area contributed by atoms with Gasteiger partial charge in [0.15, 0.2) is 6.61 Å². The van der Waals surface area contributed by atoms with Crippen LogP contribution in [0.15, 0.2) is 48.6 Å². The molecule has 0 radical (unpaired) electrons. The van der Waals surface area contributed by atoms with Crippen molar-refractivity contribution in [3.05, 3.63) is 65.5 Å². The van der Waals surface area contributed by atoms with Gasteiger partial charge in [-0.2, -0.15) is 0 Å². The van der Waals surface area contributed by atoms with E-state index >= 15 is 0 Å². The molecule has 0 aliphatic carbocycles. The number of phenols is 1. The Morgan fingerprint density at radius 2 is 1.77 bits per heavy atom. The van der Waals surface area contributed by atoms with Crippen LogP contribution >= 0.6 is 0 Å². The van der Waals surface area contributed by atoms with Crippen molar-refractivity contribution in [3.8, 4) is 11.5 Å². The number of hydrogen-bond donors (Lipinski definition) is 6. The molecule has 2 aromatic rings. The highest BCUT2D eigenvalue weighted by Crippen LogP contribution is 2.38. The van der Waals surface area contributed by atoms with Crippen molar-refractivity contribution < 1.29 is 43.9 Å². The zero-order valence-corrected chi connectivity index (χ0v) is 19.1. The number of halogens is 1. The van der Waals surface area contributed by atoms with Crippen LogP contribution in [0.1, 0.15) is 31.1 Å². The van der Waals surface area contributed by atoms with Crippen molar-refractivity contribution in [2.45, 2.75) is 31.9 Å². The number of aromatic hydroxyl groups is 1. The number of nitrogens with one attached hydrogen (secondary N) is 2. The highest BCUT2D eigenvalue weighted by molar-refractivity contribution is 5.96. The van der Waals surface area contributed by atoms with Gasteiger partial charge in [0.2, 0.25) is 0 Å². The Labute approximate surface area is 200 Å². The van der Waals surface area contributed by atoms with Gasteiger partial charge in [-0.3, -0.25) is 4.79 Å². The zero-order valence-electron chi connectivity index (χ0n) is 19.1. The number of aliphatic hydroxyl groups is 1. The van der Waals surface area contributed by atoms with E-state index in [1.165, 1.54) is 24.3 Å². The standard InChI is InChI=1S/C20H23FN2O4.C4H4O4/c1-20(2,9-12-3-5-13(21)6-4-12)22-10-17(25)15-7-14(24)8-16-19(15)27-11-18(26)23-16;5-3(6)1-2-4(7)8/h3-8,17,22,24-25H,9-11H2,1-2H3,(H,23,26);1-2H,(H,5,6)(H,7,8)/t17-;/m0./s1. The monoisotopic (exact) mass is 490 g/mol. The molecule has 6 N–H and O–H groups in total. The second-order valence-electron chi connectivity index (χ2n) is 8.34. The summed E-state index contributed by atoms with van der Waals surface area (Å²) in [5.41, 5.74) is 1.36. The summed E-state index contributed by atoms with van der Waals surface area (Å²) in [7, 11) is 0. The van der Waals surface area contributed by atoms with Gasteiger partial charge in [-0.15, -0.1) is 0 Å². The topological polar surface area (TPSA) is 165 Å². The number of anilines is 1. The predicted octanol–water partition coefficient (Wildman–Crippen LogP) is 2.22. The average molecular weight is 490 g/mol. The van der Waals surface area contributed by atoms with E-state index in [2.05, 4.69) is 10.6 Å². The highest BCUT2D eigenvalue weighted by atomic mass is 19.1. The number of carboxylic acid groups (broad SMARTS) is 2. The maximum atomic E-state index is 13.0. The Morgan fingerprint density at radius 3 is 2.34 bits per heavy atom. The van der Waals surface area contributed by atoms with Gasteiger partial charge in [-0.25, -0.2) is 14.0 Å². The van der Waals surface area contributed by atoms with Crippen LogP contribution in [0.3, 0.4) is 0 Å². The van der Waals surface area contributed by atoms with Crippen molar-refractivity contribution in [1.29, 1.82) is 0 Å². The molecular formula is C24H27FN2O8. The van der Waals surface area contributed by atoms with Crippen LogP contribution in [-0.4, -0.2) is 57.0 Å². The fourth-order valence-corrected chi connectivity index (χ4v) is 3.26. The average Bonchev–Trinajstić information content (AvgIpc) is 2.77. The summed E-state index contributed by atoms with van der Waals surface area (Å²) in [6.07, 6.45) is 0.809. The largest absolute Gasteiger partial charge is 0.508 e. The third kappa shape index (κ3) is 9.07. The van der Waals surface area contributed by atoms with Crippen LogP contribution in [0.5, 0.6) is 11.5 Å². The zero-order chi connectivity index (χ0) is 26.2. The Balaban J connectivity index is 0.000000466. The lowest BCUT2D eigenvalue weighted by molar-refractivity contribution is -0.134. The first-order valence-corrected chi connectivity index (χ1v) is 10.5. The first-order chi connectivity index (χ1) is 16.4. The van der Waals surface area contributed by atoms with E-state index in [-0.39, 0.29) is 36.2 Å². The molecule has 188 valence electrons. The lowest BCUT2D eigenvalue weighted by Gasteiger charge is -2.29. The molecule has 0 unspecified atom stereocenters. The van der Waals surface area contributed by atoms with Gasteiger partial charge in [0.1, 0.15) is 17.3 Å². The number of aliphatic carboxylic acids is 2. The van der Waals surface area contributed by atoms with E-state index in [4.69, 9.17) is 14.9 Å². The molecule has 3 rings (SSSR count). The number of carboxylic acids is 2. The molecule has 10 nitrogen and oxygen atoms in total. The van der Waals surface area contributed by atoms with Gasteiger partial charge in [-0.1, -0.05) is 12.1 Å². The minimum absolute atomic E-state index is 0.0702. The van der Waals surface area contributed by atoms with E-state index in [1.807, 2.05) is 13.8 Å². The van der Waals surface area contributed by atoms with Crippen LogP contribution in [0.25, 0.3) is 0 Å². The van der Waals surface area contributed by atoms with Crippen LogP contribution in [-0.2, 0) is 20.8 Å². The molecule has 0 saturated carbocycles. The molecule has 1 amide bonds. The van der Waals surface area contributed by atoms with Crippen LogP contribution in [0.4, 0.5) is 10.1 Å². The number of β-amino-alcohol motifs (C(OH)–C–C–N with tert-alkyl or cyclic N) is 1. The first-order valence-electron chi connectivity index (χ1n) is 10.5. The van der Waals surface area contributed by atoms with Crippen LogP contribution in [0.2, 0.25) is 0 Å². The molecule has 1 heterocycles. The van der Waals surface area contributed by atoms with Crippen molar-refractivity contribution >= 4 is 23.5 Å². The molecule has 0 saturated heterocycles. The first kappa shape index (κ1) is 27.3. The Bertz CT molecular complexity index is 1080. The van der Waals surface area contributed by atoms with Crippen LogP contribution in [0, 0.1) is 5.82 Å². The Hall–Kier alpha value is -3.96. The van der Waals surface area contributed by atoms with Crippen molar-refractivity contribution in [2.24, 2.45) is 0 Å². The van der Waals surface area contributed by atoms with Gasteiger partial charge >= 0.3 is 11.9 Å². The Kier molecular flexibility index (Phi) is 9.32. The SMILES string of the molecule is CC(C)(Cc1ccc(F)cc1)NC[C@H](O)c1cc(O)cc2c1OCC(=O)N2.O=C(O)C=CC(=O)O. The number of ether oxygens (including phenoxy) is 1. The predicted molar refractivity (Wildman–Crippen MR) is 124 cm³/mol. The molecule has 11 heteroatoms. The normalized spacial score (nSPS) is 13.7. The van der Waals surface area contributed by atoms with E-state index in [9.17, 15) is 29.0 Å². The van der Waals surface area contributed by atoms with E-state index in [0.29, 0.717) is 35.6 Å². The summed E-state index contributed by atoms with van der Waals surface area (Å²) in [5.74, 6) is -2.82. The number of rotatable bonds is 8. The van der Waals surface area contributed by atoms with Crippen molar-refractivity contribution in [3.63, 3.8) is 0 Å². The Morgan fingerprint density at radius 1 is 1.17 bits per heavy atom. The number of amides is 1. The third-order valence-corrected chi connectivity index (χ3v) is 4.78. The molecule has 35 heavy (non-hydrogen) atoms. The quantitative estimate of drug-likeness (QED) is 0.304. The third-order valence-electron chi connectivity index (χ3n) is 4.78. The second kappa shape index (κ2) is 12.0. The van der Waals surface area contributed by atoms with Crippen LogP contribution < -0.4 is 15.4 Å². The van der Waals surface area contributed by atoms with Gasteiger partial charge in [-0.05, 0) is 44.0 Å². The number of benzene rings is 2. The minimum atomic E-state index is -1.26. The summed E-state index contributed by atoms with van der Waals surface area (Å²) in [5, 5.41) is 42.0. The molecular weight excluding hydrogens is 463 g/mol. The maximum Gasteiger partial charge on any atom is 0.328 e. The van der Waals surface area contributed by atoms with E-state index in [0.717, 1.165) is 5.56 Å². The number of hydrogen-bond acceptors (Lipinski definition) is 7. The number of carbonyl (C=O) groups excluding carboxylic acids is 1. The number of aliphatic hydroxyl groups excluding tert-OH is 1. The van der Waals surface area contributed by atoms with Gasteiger partial charge in [0, 0.05) is 35.9 Å². The number of fused-ring (bicyclic) bond motifs is 1. The second-order valence-corrected chi connectivity index (χ2v) is 8.34. The van der Waals surface area contributed by atoms with Gasteiger partial charge in [0.05, 0.1) is 11.8 Å². The molecule has 2 aromatic carbocycles. The molecule has 1 atom stereocenters. The molecule has 0 aromatic heterocycles. The molecule has 1 aliphatic rings. The van der Waals surface area contributed by atoms with Gasteiger partial charge < -0.3 is 35.8 Å². The summed E-state index contributed by atoms with van der Waals surface area (Å²) in [4.78, 5) is 30.6. The maximum absolute atomic E-state index is 13.0. The fraction of sp³-hybridized carbons (Fsp3) is 0.292. The number of carbonyl (C=O) groups is 3. The molecule has 0 spiro atoms. The summed E-state index contributed by atoms with van der Waals surface area (Å²) >= 11 is 0. The number of phenolic OH excluding ortho intramolecular Hbond substituents is 1. The fourth-order valence-electron chi connectivity index (χ4n) is 3.26. The van der Waals surface area contributed by atoms with Crippen molar-refractivity contribution in [2.75, 3.05) is 18.5 Å². The summed E-state index contributed by atoms with van der Waals surface area (Å²) < 4.78 is 18.5. The van der Waals surface area contributed by atoms with E-state index < -0.39 is 18.0 Å². The summed E-state index contributed by atoms with van der Waals surface area (Å²) in [6, 6.07) is 9.12. The molecule has 0 bridgehead atoms. The lowest BCUT2D eigenvalue weighted by atomic mass is 9.94. The highest BCUT2D eigenvalue weighted by Gasteiger charge is 2.26. The minimum Gasteiger partial charge on any atom is -0.508 e. The molecule has 0 fully saturated rings. The lowest BCUT2D eigenvalue weighted by Crippen LogP contribution is -2.43. The summed E-state index contributed by atoms with van der Waals surface area (Å²) in [6.45, 7) is 4.04.